The molecule has 2 amide bonds. The van der Waals surface area contributed by atoms with E-state index in [2.05, 4.69) is 12.2 Å². The lowest BCUT2D eigenvalue weighted by Gasteiger charge is -2.44. The molecule has 0 radical (unpaired) electrons. The van der Waals surface area contributed by atoms with Gasteiger partial charge in [0.15, 0.2) is 0 Å². The average Bonchev–Trinajstić information content (AvgIpc) is 3.01. The summed E-state index contributed by atoms with van der Waals surface area (Å²) in [4.78, 5) is 27.7. The summed E-state index contributed by atoms with van der Waals surface area (Å²) in [5.74, 6) is 1.48. The second kappa shape index (κ2) is 8.33. The molecule has 1 aliphatic heterocycles. The molecule has 2 fully saturated rings. The number of aliphatic carboxylic acids is 1. The molecule has 2 atom stereocenters. The second-order valence-corrected chi connectivity index (χ2v) is 8.02. The fourth-order valence-electron chi connectivity index (χ4n) is 4.22. The summed E-state index contributed by atoms with van der Waals surface area (Å²) >= 11 is 0. The first-order valence-electron chi connectivity index (χ1n) is 9.96. The van der Waals surface area contributed by atoms with E-state index < -0.39 is 5.97 Å². The van der Waals surface area contributed by atoms with Gasteiger partial charge in [-0.3, -0.25) is 9.69 Å². The third-order valence-corrected chi connectivity index (χ3v) is 5.92. The van der Waals surface area contributed by atoms with Crippen molar-refractivity contribution in [2.24, 2.45) is 5.92 Å². The maximum absolute atomic E-state index is 12.9. The molecular weight excluding hydrogens is 346 g/mol. The SMILES string of the molecule is CCN(CC(=O)O)C1CC(NC(=O)N2CCC(C)CC2c2ccc(C)o2)C1. The summed E-state index contributed by atoms with van der Waals surface area (Å²) < 4.78 is 5.81. The Kier molecular flexibility index (Phi) is 6.09. The first kappa shape index (κ1) is 19.7. The van der Waals surface area contributed by atoms with Gasteiger partial charge in [0.2, 0.25) is 0 Å². The number of urea groups is 1. The van der Waals surface area contributed by atoms with E-state index in [9.17, 15) is 9.59 Å². The molecule has 0 aromatic carbocycles. The normalized spacial score (nSPS) is 28.1. The highest BCUT2D eigenvalue weighted by atomic mass is 16.4. The topological polar surface area (TPSA) is 86.0 Å². The van der Waals surface area contributed by atoms with E-state index in [0.717, 1.165) is 43.7 Å². The van der Waals surface area contributed by atoms with Crippen molar-refractivity contribution in [3.05, 3.63) is 23.7 Å². The van der Waals surface area contributed by atoms with Gasteiger partial charge in [0, 0.05) is 18.6 Å². The van der Waals surface area contributed by atoms with Gasteiger partial charge >= 0.3 is 12.0 Å². The zero-order valence-electron chi connectivity index (χ0n) is 16.5. The first-order valence-corrected chi connectivity index (χ1v) is 9.96. The molecule has 2 unspecified atom stereocenters. The number of rotatable bonds is 6. The van der Waals surface area contributed by atoms with Crippen LogP contribution in [0.1, 0.15) is 57.1 Å². The summed E-state index contributed by atoms with van der Waals surface area (Å²) in [7, 11) is 0. The van der Waals surface area contributed by atoms with Gasteiger partial charge in [0.05, 0.1) is 12.6 Å². The number of hydrogen-bond acceptors (Lipinski definition) is 4. The number of hydrogen-bond donors (Lipinski definition) is 2. The van der Waals surface area contributed by atoms with Gasteiger partial charge in [-0.25, -0.2) is 4.79 Å². The monoisotopic (exact) mass is 377 g/mol. The van der Waals surface area contributed by atoms with E-state index in [1.807, 2.05) is 35.8 Å². The van der Waals surface area contributed by atoms with Crippen LogP contribution in [0.3, 0.4) is 0 Å². The molecule has 1 saturated heterocycles. The Balaban J connectivity index is 1.56. The summed E-state index contributed by atoms with van der Waals surface area (Å²) in [5.41, 5.74) is 0. The van der Waals surface area contributed by atoms with Crippen LogP contribution in [-0.2, 0) is 4.79 Å². The Labute approximate surface area is 160 Å². The number of carbonyl (C=O) groups excluding carboxylic acids is 1. The van der Waals surface area contributed by atoms with Crippen molar-refractivity contribution in [1.29, 1.82) is 0 Å². The maximum atomic E-state index is 12.9. The Morgan fingerprint density at radius 3 is 2.67 bits per heavy atom. The minimum absolute atomic E-state index is 0.0162. The minimum atomic E-state index is -0.802. The molecule has 0 bridgehead atoms. The Morgan fingerprint density at radius 1 is 1.33 bits per heavy atom. The molecule has 7 heteroatoms. The zero-order valence-corrected chi connectivity index (χ0v) is 16.5. The molecular formula is C20H31N3O4. The number of carboxylic acid groups (broad SMARTS) is 1. The molecule has 2 N–H and O–H groups in total. The molecule has 2 aliphatic rings. The third kappa shape index (κ3) is 4.64. The molecule has 7 nitrogen and oxygen atoms in total. The van der Waals surface area contributed by atoms with Crippen LogP contribution in [0.15, 0.2) is 16.5 Å². The average molecular weight is 377 g/mol. The van der Waals surface area contributed by atoms with Crippen LogP contribution in [0.2, 0.25) is 0 Å². The van der Waals surface area contributed by atoms with E-state index in [4.69, 9.17) is 9.52 Å². The van der Waals surface area contributed by atoms with Crippen molar-refractivity contribution in [2.45, 2.75) is 64.6 Å². The van der Waals surface area contributed by atoms with Crippen LogP contribution < -0.4 is 5.32 Å². The van der Waals surface area contributed by atoms with Gasteiger partial charge in [0.25, 0.3) is 0 Å². The zero-order chi connectivity index (χ0) is 19.6. The molecule has 1 aromatic rings. The molecule has 1 aromatic heterocycles. The quantitative estimate of drug-likeness (QED) is 0.796. The number of aryl methyl sites for hydroxylation is 1. The Morgan fingerprint density at radius 2 is 2.07 bits per heavy atom. The number of furan rings is 1. The van der Waals surface area contributed by atoms with Crippen LogP contribution in [0, 0.1) is 12.8 Å². The minimum Gasteiger partial charge on any atom is -0.480 e. The van der Waals surface area contributed by atoms with Gasteiger partial charge in [0.1, 0.15) is 11.5 Å². The van der Waals surface area contributed by atoms with E-state index >= 15 is 0 Å². The van der Waals surface area contributed by atoms with Gasteiger partial charge in [-0.15, -0.1) is 0 Å². The molecule has 2 heterocycles. The van der Waals surface area contributed by atoms with Gasteiger partial charge in [-0.2, -0.15) is 0 Å². The highest BCUT2D eigenvalue weighted by molar-refractivity contribution is 5.75. The predicted molar refractivity (Wildman–Crippen MR) is 102 cm³/mol. The highest BCUT2D eigenvalue weighted by Crippen LogP contribution is 2.35. The van der Waals surface area contributed by atoms with Crippen molar-refractivity contribution in [3.8, 4) is 0 Å². The van der Waals surface area contributed by atoms with Gasteiger partial charge in [-0.05, 0) is 57.2 Å². The molecule has 150 valence electrons. The van der Waals surface area contributed by atoms with Crippen molar-refractivity contribution < 1.29 is 19.1 Å². The van der Waals surface area contributed by atoms with Gasteiger partial charge < -0.3 is 19.7 Å². The van der Waals surface area contributed by atoms with Crippen molar-refractivity contribution >= 4 is 12.0 Å². The van der Waals surface area contributed by atoms with E-state index in [0.29, 0.717) is 12.5 Å². The van der Waals surface area contributed by atoms with Crippen LogP contribution in [0.5, 0.6) is 0 Å². The Hall–Kier alpha value is -2.02. The van der Waals surface area contributed by atoms with Crippen LogP contribution in [0.4, 0.5) is 4.79 Å². The number of carboxylic acids is 1. The van der Waals surface area contributed by atoms with Crippen LogP contribution >= 0.6 is 0 Å². The molecule has 1 saturated carbocycles. The smallest absolute Gasteiger partial charge is 0.318 e. The third-order valence-electron chi connectivity index (χ3n) is 5.92. The van der Waals surface area contributed by atoms with E-state index in [1.165, 1.54) is 0 Å². The number of carbonyl (C=O) groups is 2. The largest absolute Gasteiger partial charge is 0.480 e. The molecule has 27 heavy (non-hydrogen) atoms. The van der Waals surface area contributed by atoms with Crippen molar-refractivity contribution in [1.82, 2.24) is 15.1 Å². The standard InChI is InChI=1S/C20H31N3O4/c1-4-22(12-19(24)25)16-10-15(11-16)21-20(26)23-8-7-13(2)9-17(23)18-6-5-14(3)27-18/h5-6,13,15-17H,4,7-12H2,1-3H3,(H,21,26)(H,24,25). The van der Waals surface area contributed by atoms with E-state index in [-0.39, 0.29) is 30.7 Å². The van der Waals surface area contributed by atoms with E-state index in [1.54, 1.807) is 0 Å². The van der Waals surface area contributed by atoms with Crippen molar-refractivity contribution in [3.63, 3.8) is 0 Å². The molecule has 3 rings (SSSR count). The fraction of sp³-hybridized carbons (Fsp3) is 0.700. The summed E-state index contributed by atoms with van der Waals surface area (Å²) in [6.07, 6.45) is 3.53. The first-order chi connectivity index (χ1) is 12.9. The number of piperidine rings is 1. The summed E-state index contributed by atoms with van der Waals surface area (Å²) in [5, 5.41) is 12.1. The Bertz CT molecular complexity index is 668. The summed E-state index contributed by atoms with van der Waals surface area (Å²) in [6, 6.07) is 4.22. The number of amides is 2. The highest BCUT2D eigenvalue weighted by Gasteiger charge is 2.38. The summed E-state index contributed by atoms with van der Waals surface area (Å²) in [6.45, 7) is 7.61. The molecule has 1 aliphatic carbocycles. The fourth-order valence-corrected chi connectivity index (χ4v) is 4.22. The lowest BCUT2D eigenvalue weighted by atomic mass is 9.85. The van der Waals surface area contributed by atoms with Crippen LogP contribution in [-0.4, -0.2) is 58.6 Å². The maximum Gasteiger partial charge on any atom is 0.318 e. The number of likely N-dealkylation sites (tertiary alicyclic amines) is 1. The number of nitrogens with zero attached hydrogens (tertiary/aromatic N) is 2. The van der Waals surface area contributed by atoms with Crippen LogP contribution in [0.25, 0.3) is 0 Å². The predicted octanol–water partition coefficient (Wildman–Crippen LogP) is 3.01. The second-order valence-electron chi connectivity index (χ2n) is 8.02. The lowest BCUT2D eigenvalue weighted by molar-refractivity contribution is -0.139. The van der Waals surface area contributed by atoms with Gasteiger partial charge in [-0.1, -0.05) is 13.8 Å². The number of likely N-dealkylation sites (N-methyl/N-ethyl adjacent to an activating group) is 1. The lowest BCUT2D eigenvalue weighted by Crippen LogP contribution is -2.57. The van der Waals surface area contributed by atoms with Crippen molar-refractivity contribution in [2.75, 3.05) is 19.6 Å². The molecule has 0 spiro atoms. The number of nitrogens with one attached hydrogen (secondary N) is 1.